The van der Waals surface area contributed by atoms with E-state index in [0.717, 1.165) is 16.9 Å². The van der Waals surface area contributed by atoms with Crippen LogP contribution in [0.4, 0.5) is 0 Å². The van der Waals surface area contributed by atoms with E-state index in [4.69, 9.17) is 20.2 Å². The Morgan fingerprint density at radius 1 is 1.04 bits per heavy atom. The summed E-state index contributed by atoms with van der Waals surface area (Å²) in [5, 5.41) is 0. The molecule has 0 saturated heterocycles. The van der Waals surface area contributed by atoms with Gasteiger partial charge in [-0.25, -0.2) is 9.78 Å². The summed E-state index contributed by atoms with van der Waals surface area (Å²) in [6.07, 6.45) is 0.578. The Bertz CT molecular complexity index is 674. The van der Waals surface area contributed by atoms with Crippen LogP contribution in [0.15, 0.2) is 54.6 Å². The lowest BCUT2D eigenvalue weighted by Crippen LogP contribution is -2.28. The third-order valence-corrected chi connectivity index (χ3v) is 3.67. The van der Waals surface area contributed by atoms with Gasteiger partial charge in [-0.2, -0.15) is 0 Å². The Morgan fingerprint density at radius 2 is 1.76 bits per heavy atom. The van der Waals surface area contributed by atoms with E-state index in [-0.39, 0.29) is 12.1 Å². The van der Waals surface area contributed by atoms with Crippen LogP contribution in [-0.2, 0) is 16.2 Å². The van der Waals surface area contributed by atoms with Crippen LogP contribution in [0.3, 0.4) is 0 Å². The lowest BCUT2D eigenvalue weighted by atomic mass is 10.1. The Hall–Kier alpha value is -2.32. The van der Waals surface area contributed by atoms with Crippen molar-refractivity contribution in [3.8, 4) is 17.6 Å². The smallest absolute Gasteiger partial charge is 0.149 e. The molecule has 0 aliphatic rings. The van der Waals surface area contributed by atoms with E-state index in [0.29, 0.717) is 19.6 Å². The van der Waals surface area contributed by atoms with Gasteiger partial charge in [0.2, 0.25) is 0 Å². The molecule has 0 fully saturated rings. The van der Waals surface area contributed by atoms with Crippen LogP contribution in [-0.4, -0.2) is 19.3 Å². The van der Waals surface area contributed by atoms with Crippen LogP contribution in [0.2, 0.25) is 0 Å². The summed E-state index contributed by atoms with van der Waals surface area (Å²) < 4.78 is 5.49. The normalized spacial score (nSPS) is 12.8. The van der Waals surface area contributed by atoms with Crippen LogP contribution in [0.1, 0.15) is 31.1 Å². The molecular weight excluding hydrogens is 314 g/mol. The molecule has 2 N–H and O–H groups in total. The highest BCUT2D eigenvalue weighted by molar-refractivity contribution is 5.28. The minimum atomic E-state index is -0.138. The second-order valence-electron chi connectivity index (χ2n) is 5.76. The molecule has 2 aromatic rings. The standard InChI is InChI=1S/C21H25NO3/c1-3-4-14-23-21-12-10-18(11-13-21)15-20(22)16-24-25-17(2)19-8-6-5-7-9-19/h5-13,17,20H,14-16,22H2,1-2H3/t17?,20-/m0/s1. The first-order valence-electron chi connectivity index (χ1n) is 8.39. The van der Waals surface area contributed by atoms with Gasteiger partial charge in [-0.05, 0) is 43.5 Å². The average Bonchev–Trinajstić information content (AvgIpc) is 2.64. The fourth-order valence-corrected chi connectivity index (χ4v) is 2.28. The molecule has 0 aliphatic carbocycles. The topological polar surface area (TPSA) is 53.7 Å². The van der Waals surface area contributed by atoms with Crippen molar-refractivity contribution in [3.05, 3.63) is 65.7 Å². The Balaban J connectivity index is 1.70. The molecule has 0 spiro atoms. The van der Waals surface area contributed by atoms with E-state index in [9.17, 15) is 0 Å². The second kappa shape index (κ2) is 10.5. The number of ether oxygens (including phenoxy) is 1. The molecule has 0 amide bonds. The van der Waals surface area contributed by atoms with E-state index in [1.165, 1.54) is 0 Å². The van der Waals surface area contributed by atoms with Crippen LogP contribution in [0.5, 0.6) is 5.75 Å². The first kappa shape index (κ1) is 19.0. The predicted octanol–water partition coefficient (Wildman–Crippen LogP) is 3.67. The first-order chi connectivity index (χ1) is 12.2. The van der Waals surface area contributed by atoms with Gasteiger partial charge in [0, 0.05) is 6.04 Å². The number of benzene rings is 2. The van der Waals surface area contributed by atoms with E-state index >= 15 is 0 Å². The van der Waals surface area contributed by atoms with Gasteiger partial charge < -0.3 is 10.5 Å². The van der Waals surface area contributed by atoms with Crippen molar-refractivity contribution >= 4 is 0 Å². The fourth-order valence-electron chi connectivity index (χ4n) is 2.28. The van der Waals surface area contributed by atoms with Crippen molar-refractivity contribution in [3.63, 3.8) is 0 Å². The summed E-state index contributed by atoms with van der Waals surface area (Å²) in [5.74, 6) is 6.46. The Morgan fingerprint density at radius 3 is 2.44 bits per heavy atom. The maximum absolute atomic E-state index is 6.11. The molecule has 0 bridgehead atoms. The largest absolute Gasteiger partial charge is 0.481 e. The van der Waals surface area contributed by atoms with E-state index in [1.807, 2.05) is 61.5 Å². The summed E-state index contributed by atoms with van der Waals surface area (Å²) in [6, 6.07) is 17.6. The number of hydrogen-bond donors (Lipinski definition) is 1. The zero-order chi connectivity index (χ0) is 17.9. The molecule has 0 aliphatic heterocycles. The zero-order valence-electron chi connectivity index (χ0n) is 14.8. The van der Waals surface area contributed by atoms with Gasteiger partial charge in [0.25, 0.3) is 0 Å². The van der Waals surface area contributed by atoms with Gasteiger partial charge in [0.05, 0.1) is 6.61 Å². The van der Waals surface area contributed by atoms with Crippen molar-refractivity contribution in [2.45, 2.75) is 32.4 Å². The van der Waals surface area contributed by atoms with Crippen LogP contribution >= 0.6 is 0 Å². The first-order valence-corrected chi connectivity index (χ1v) is 8.39. The molecule has 1 unspecified atom stereocenters. The highest BCUT2D eigenvalue weighted by Gasteiger charge is 2.09. The van der Waals surface area contributed by atoms with Crippen molar-refractivity contribution in [1.82, 2.24) is 0 Å². The van der Waals surface area contributed by atoms with Gasteiger partial charge in [-0.1, -0.05) is 48.4 Å². The van der Waals surface area contributed by atoms with Gasteiger partial charge in [-0.3, -0.25) is 0 Å². The summed E-state index contributed by atoms with van der Waals surface area (Å²) in [4.78, 5) is 10.7. The molecule has 0 radical (unpaired) electrons. The monoisotopic (exact) mass is 339 g/mol. The molecule has 2 rings (SSSR count). The lowest BCUT2D eigenvalue weighted by Gasteiger charge is -2.15. The summed E-state index contributed by atoms with van der Waals surface area (Å²) in [5.41, 5.74) is 8.31. The van der Waals surface area contributed by atoms with Gasteiger partial charge in [0.1, 0.15) is 18.5 Å². The molecule has 4 nitrogen and oxygen atoms in total. The quantitative estimate of drug-likeness (QED) is 0.430. The molecule has 4 heteroatoms. The SMILES string of the molecule is CC#CCOc1ccc(C[C@H](N)COOC(C)c2ccccc2)cc1. The third kappa shape index (κ3) is 6.98. The molecular formula is C21H25NO3. The summed E-state index contributed by atoms with van der Waals surface area (Å²) >= 11 is 0. The van der Waals surface area contributed by atoms with E-state index < -0.39 is 0 Å². The zero-order valence-corrected chi connectivity index (χ0v) is 14.8. The minimum Gasteiger partial charge on any atom is -0.481 e. The lowest BCUT2D eigenvalue weighted by molar-refractivity contribution is -0.325. The number of rotatable bonds is 9. The Labute approximate surface area is 149 Å². The molecule has 25 heavy (non-hydrogen) atoms. The maximum atomic E-state index is 6.11. The van der Waals surface area contributed by atoms with Crippen molar-refractivity contribution in [1.29, 1.82) is 0 Å². The Kier molecular flexibility index (Phi) is 8.00. The highest BCUT2D eigenvalue weighted by atomic mass is 17.2. The van der Waals surface area contributed by atoms with E-state index in [2.05, 4.69) is 11.8 Å². The van der Waals surface area contributed by atoms with Crippen molar-refractivity contribution in [2.24, 2.45) is 5.73 Å². The van der Waals surface area contributed by atoms with Crippen molar-refractivity contribution < 1.29 is 14.5 Å². The van der Waals surface area contributed by atoms with Crippen LogP contribution in [0, 0.1) is 11.8 Å². The maximum Gasteiger partial charge on any atom is 0.149 e. The van der Waals surface area contributed by atoms with Crippen molar-refractivity contribution in [2.75, 3.05) is 13.2 Å². The molecule has 0 heterocycles. The average molecular weight is 339 g/mol. The summed E-state index contributed by atoms with van der Waals surface area (Å²) in [6.45, 7) is 4.48. The molecule has 2 atom stereocenters. The predicted molar refractivity (Wildman–Crippen MR) is 99.0 cm³/mol. The van der Waals surface area contributed by atoms with E-state index in [1.54, 1.807) is 6.92 Å². The molecule has 132 valence electrons. The summed E-state index contributed by atoms with van der Waals surface area (Å²) in [7, 11) is 0. The molecule has 0 saturated carbocycles. The van der Waals surface area contributed by atoms with Gasteiger partial charge >= 0.3 is 0 Å². The fraction of sp³-hybridized carbons (Fsp3) is 0.333. The molecule has 2 aromatic carbocycles. The van der Waals surface area contributed by atoms with Crippen LogP contribution < -0.4 is 10.5 Å². The van der Waals surface area contributed by atoms with Crippen LogP contribution in [0.25, 0.3) is 0 Å². The minimum absolute atomic E-state index is 0.129. The number of nitrogens with two attached hydrogens (primary N) is 1. The molecule has 0 aromatic heterocycles. The highest BCUT2D eigenvalue weighted by Crippen LogP contribution is 2.16. The van der Waals surface area contributed by atoms with Gasteiger partial charge in [0.15, 0.2) is 0 Å². The number of hydrogen-bond acceptors (Lipinski definition) is 4. The van der Waals surface area contributed by atoms with Gasteiger partial charge in [-0.15, -0.1) is 5.92 Å². The third-order valence-electron chi connectivity index (χ3n) is 3.67. The second-order valence-corrected chi connectivity index (χ2v) is 5.76.